The first-order valence-electron chi connectivity index (χ1n) is 5.19. The van der Waals surface area contributed by atoms with Crippen molar-refractivity contribution in [2.75, 3.05) is 5.32 Å². The lowest BCUT2D eigenvalue weighted by Crippen LogP contribution is -2.22. The van der Waals surface area contributed by atoms with Crippen LogP contribution in [0.4, 0.5) is 5.69 Å². The van der Waals surface area contributed by atoms with Crippen LogP contribution in [0.25, 0.3) is 0 Å². The van der Waals surface area contributed by atoms with Crippen molar-refractivity contribution in [1.82, 2.24) is 9.97 Å². The normalized spacial score (nSPS) is 10.1. The van der Waals surface area contributed by atoms with E-state index in [-0.39, 0.29) is 5.56 Å². The molecule has 0 aliphatic carbocycles. The molecule has 0 aliphatic heterocycles. The molecule has 0 bridgehead atoms. The summed E-state index contributed by atoms with van der Waals surface area (Å²) in [5, 5.41) is 2.96. The summed E-state index contributed by atoms with van der Waals surface area (Å²) >= 11 is 5.72. The second-order valence-corrected chi connectivity index (χ2v) is 4.08. The number of rotatable bonds is 2. The number of hydrogen-bond acceptors (Lipinski definition) is 3. The molecule has 0 saturated carbocycles. The highest BCUT2D eigenvalue weighted by atomic mass is 35.5. The van der Waals surface area contributed by atoms with Crippen LogP contribution in [0, 0.1) is 6.92 Å². The third-order valence-electron chi connectivity index (χ3n) is 2.39. The van der Waals surface area contributed by atoms with E-state index in [0.717, 1.165) is 5.56 Å². The first-order valence-corrected chi connectivity index (χ1v) is 5.57. The molecule has 0 fully saturated rings. The Bertz CT molecular complexity index is 652. The van der Waals surface area contributed by atoms with E-state index in [1.54, 1.807) is 19.1 Å². The van der Waals surface area contributed by atoms with E-state index in [9.17, 15) is 9.59 Å². The van der Waals surface area contributed by atoms with Gasteiger partial charge in [-0.1, -0.05) is 11.6 Å². The number of nitrogens with one attached hydrogen (secondary N) is 2. The summed E-state index contributed by atoms with van der Waals surface area (Å²) < 4.78 is 0. The summed E-state index contributed by atoms with van der Waals surface area (Å²) in [6.07, 6.45) is 2.92. The molecule has 0 aliphatic rings. The highest BCUT2D eigenvalue weighted by Crippen LogP contribution is 2.17. The van der Waals surface area contributed by atoms with E-state index in [4.69, 9.17) is 11.6 Å². The van der Waals surface area contributed by atoms with Gasteiger partial charge < -0.3 is 10.3 Å². The van der Waals surface area contributed by atoms with Crippen LogP contribution in [0.15, 0.2) is 35.4 Å². The maximum absolute atomic E-state index is 11.9. The second-order valence-electron chi connectivity index (χ2n) is 3.69. The van der Waals surface area contributed by atoms with Gasteiger partial charge in [0.1, 0.15) is 10.7 Å². The number of carbonyl (C=O) groups is 1. The van der Waals surface area contributed by atoms with Crippen molar-refractivity contribution in [3.63, 3.8) is 0 Å². The summed E-state index contributed by atoms with van der Waals surface area (Å²) in [6.45, 7) is 1.79. The molecule has 0 atom stereocenters. The Labute approximate surface area is 108 Å². The minimum absolute atomic E-state index is 0.0480. The number of nitrogens with zero attached hydrogens (tertiary/aromatic N) is 1. The summed E-state index contributed by atoms with van der Waals surface area (Å²) in [5.74, 6) is -0.482. The topological polar surface area (TPSA) is 74.8 Å². The Morgan fingerprint density at radius 3 is 2.94 bits per heavy atom. The number of aryl methyl sites for hydroxylation is 1. The number of aromatic amines is 1. The highest BCUT2D eigenvalue weighted by molar-refractivity contribution is 6.29. The van der Waals surface area contributed by atoms with E-state index >= 15 is 0 Å². The van der Waals surface area contributed by atoms with Gasteiger partial charge in [0.15, 0.2) is 0 Å². The zero-order chi connectivity index (χ0) is 13.1. The van der Waals surface area contributed by atoms with Gasteiger partial charge in [-0.15, -0.1) is 0 Å². The molecule has 2 rings (SSSR count). The van der Waals surface area contributed by atoms with Crippen molar-refractivity contribution in [3.8, 4) is 0 Å². The molecule has 2 aromatic rings. The Hall–Kier alpha value is -2.14. The van der Waals surface area contributed by atoms with Crippen LogP contribution < -0.4 is 10.9 Å². The van der Waals surface area contributed by atoms with E-state index in [1.807, 2.05) is 0 Å². The van der Waals surface area contributed by atoms with Crippen LogP contribution in [0.2, 0.25) is 5.15 Å². The molecule has 18 heavy (non-hydrogen) atoms. The van der Waals surface area contributed by atoms with Gasteiger partial charge in [0.25, 0.3) is 11.5 Å². The fourth-order valence-corrected chi connectivity index (χ4v) is 1.66. The number of carbonyl (C=O) groups excluding carboxylic acids is 1. The minimum atomic E-state index is -0.482. The van der Waals surface area contributed by atoms with Crippen molar-refractivity contribution in [3.05, 3.63) is 57.2 Å². The first kappa shape index (κ1) is 12.3. The molecule has 0 aromatic carbocycles. The van der Waals surface area contributed by atoms with E-state index in [2.05, 4.69) is 15.3 Å². The lowest BCUT2D eigenvalue weighted by atomic mass is 10.2. The third-order valence-corrected chi connectivity index (χ3v) is 2.60. The maximum atomic E-state index is 11.9. The number of halogens is 1. The molecule has 1 amide bonds. The monoisotopic (exact) mass is 263 g/mol. The zero-order valence-electron chi connectivity index (χ0n) is 9.53. The smallest absolute Gasteiger partial charge is 0.261 e. The summed E-state index contributed by atoms with van der Waals surface area (Å²) in [7, 11) is 0. The molecule has 0 spiro atoms. The molecule has 92 valence electrons. The van der Waals surface area contributed by atoms with E-state index < -0.39 is 11.5 Å². The fraction of sp³-hybridized carbons (Fsp3) is 0.0833. The van der Waals surface area contributed by atoms with Gasteiger partial charge in [-0.2, -0.15) is 0 Å². The lowest BCUT2D eigenvalue weighted by Gasteiger charge is -2.07. The quantitative estimate of drug-likeness (QED) is 0.814. The number of aromatic nitrogens is 2. The Kier molecular flexibility index (Phi) is 3.43. The lowest BCUT2D eigenvalue weighted by molar-refractivity contribution is 0.102. The summed E-state index contributed by atoms with van der Waals surface area (Å²) in [4.78, 5) is 29.6. The van der Waals surface area contributed by atoms with Crippen molar-refractivity contribution in [2.45, 2.75) is 6.92 Å². The van der Waals surface area contributed by atoms with Crippen LogP contribution in [-0.2, 0) is 0 Å². The molecule has 0 radical (unpaired) electrons. The predicted molar refractivity (Wildman–Crippen MR) is 69.0 cm³/mol. The highest BCUT2D eigenvalue weighted by Gasteiger charge is 2.11. The van der Waals surface area contributed by atoms with Crippen molar-refractivity contribution >= 4 is 23.2 Å². The number of hydrogen-bond donors (Lipinski definition) is 2. The molecule has 2 aromatic heterocycles. The number of H-pyrrole nitrogens is 1. The van der Waals surface area contributed by atoms with Crippen LogP contribution >= 0.6 is 11.6 Å². The largest absolute Gasteiger partial charge is 0.328 e. The van der Waals surface area contributed by atoms with Gasteiger partial charge in [-0.3, -0.25) is 9.59 Å². The molecular weight excluding hydrogens is 254 g/mol. The van der Waals surface area contributed by atoms with Crippen LogP contribution in [0.1, 0.15) is 15.9 Å². The summed E-state index contributed by atoms with van der Waals surface area (Å²) in [6, 6.07) is 4.67. The third kappa shape index (κ3) is 2.57. The maximum Gasteiger partial charge on any atom is 0.261 e. The number of anilines is 1. The molecule has 0 saturated heterocycles. The van der Waals surface area contributed by atoms with Crippen LogP contribution in [0.5, 0.6) is 0 Å². The Morgan fingerprint density at radius 1 is 1.50 bits per heavy atom. The number of pyridine rings is 2. The van der Waals surface area contributed by atoms with Crippen LogP contribution in [-0.4, -0.2) is 15.9 Å². The van der Waals surface area contributed by atoms with Crippen molar-refractivity contribution in [2.24, 2.45) is 0 Å². The van der Waals surface area contributed by atoms with E-state index in [1.165, 1.54) is 18.5 Å². The Balaban J connectivity index is 2.27. The first-order chi connectivity index (χ1) is 8.58. The molecule has 2 N–H and O–H groups in total. The molecule has 2 heterocycles. The Morgan fingerprint density at radius 2 is 2.28 bits per heavy atom. The molecular formula is C12H10ClN3O2. The van der Waals surface area contributed by atoms with Gasteiger partial charge in [-0.05, 0) is 30.7 Å². The minimum Gasteiger partial charge on any atom is -0.328 e. The predicted octanol–water partition coefficient (Wildman–Crippen LogP) is 1.98. The van der Waals surface area contributed by atoms with Crippen LogP contribution in [0.3, 0.4) is 0 Å². The van der Waals surface area contributed by atoms with Gasteiger partial charge in [0.05, 0.1) is 11.9 Å². The second kappa shape index (κ2) is 5.01. The number of amides is 1. The fourth-order valence-electron chi connectivity index (χ4n) is 1.44. The average Bonchev–Trinajstić information content (AvgIpc) is 2.33. The van der Waals surface area contributed by atoms with Gasteiger partial charge >= 0.3 is 0 Å². The van der Waals surface area contributed by atoms with Gasteiger partial charge in [0.2, 0.25) is 0 Å². The summed E-state index contributed by atoms with van der Waals surface area (Å²) in [5.41, 5.74) is 0.907. The van der Waals surface area contributed by atoms with Gasteiger partial charge in [-0.25, -0.2) is 4.98 Å². The molecule has 5 nitrogen and oxygen atoms in total. The average molecular weight is 264 g/mol. The SMILES string of the molecule is Cc1cc(Cl)ncc1NC(=O)c1ccc[nH]c1=O. The van der Waals surface area contributed by atoms with Crippen molar-refractivity contribution in [1.29, 1.82) is 0 Å². The molecule has 0 unspecified atom stereocenters. The van der Waals surface area contributed by atoms with Gasteiger partial charge in [0, 0.05) is 6.20 Å². The standard InChI is InChI=1S/C12H10ClN3O2/c1-7-5-10(13)15-6-9(7)16-12(18)8-3-2-4-14-11(8)17/h2-6H,1H3,(H,14,17)(H,16,18). The van der Waals surface area contributed by atoms with Crippen molar-refractivity contribution < 1.29 is 4.79 Å². The molecule has 6 heteroatoms. The zero-order valence-corrected chi connectivity index (χ0v) is 10.3. The van der Waals surface area contributed by atoms with E-state index in [0.29, 0.717) is 10.8 Å².